The fourth-order valence-electron chi connectivity index (χ4n) is 2.44. The molecule has 0 bridgehead atoms. The van der Waals surface area contributed by atoms with Crippen LogP contribution in [0.3, 0.4) is 0 Å². The molecule has 2 aromatic carbocycles. The second-order valence-electron chi connectivity index (χ2n) is 5.79. The summed E-state index contributed by atoms with van der Waals surface area (Å²) >= 11 is 0. The molecular weight excluding hydrogens is 347 g/mol. The van der Waals surface area contributed by atoms with Gasteiger partial charge in [0.1, 0.15) is 17.4 Å². The molecule has 7 heteroatoms. The number of rotatable bonds is 7. The molecule has 6 nitrogen and oxygen atoms in total. The van der Waals surface area contributed by atoms with Crippen molar-refractivity contribution in [2.75, 3.05) is 24.3 Å². The maximum Gasteiger partial charge on any atom is 0.256 e. The Morgan fingerprint density at radius 1 is 1.04 bits per heavy atom. The Kier molecular flexibility index (Phi) is 5.94. The fourth-order valence-corrected chi connectivity index (χ4v) is 2.44. The normalized spacial score (nSPS) is 10.3. The standard InChI is InChI=1S/C20H19FN4O2/c1-27-17-7-5-14(6-8-17)11-12-22-18-9-10-19(25-24-18)23-20(26)15-3-2-4-16(21)13-15/h2-10,13H,11-12H2,1H3,(H,22,24)(H,23,25,26). The molecule has 0 aliphatic heterocycles. The number of carbonyl (C=O) groups excluding carboxylic acids is 1. The van der Waals surface area contributed by atoms with Gasteiger partial charge in [-0.3, -0.25) is 4.79 Å². The van der Waals surface area contributed by atoms with E-state index in [1.807, 2.05) is 24.3 Å². The number of methoxy groups -OCH3 is 1. The number of ether oxygens (including phenoxy) is 1. The van der Waals surface area contributed by atoms with E-state index in [4.69, 9.17) is 4.74 Å². The van der Waals surface area contributed by atoms with Gasteiger partial charge in [-0.2, -0.15) is 0 Å². The Morgan fingerprint density at radius 2 is 1.78 bits per heavy atom. The monoisotopic (exact) mass is 366 g/mol. The van der Waals surface area contributed by atoms with Gasteiger partial charge in [-0.25, -0.2) is 4.39 Å². The highest BCUT2D eigenvalue weighted by molar-refractivity contribution is 6.03. The predicted molar refractivity (Wildman–Crippen MR) is 102 cm³/mol. The van der Waals surface area contributed by atoms with Crippen molar-refractivity contribution in [1.29, 1.82) is 0 Å². The average Bonchev–Trinajstić information content (AvgIpc) is 2.70. The van der Waals surface area contributed by atoms with Gasteiger partial charge in [-0.1, -0.05) is 18.2 Å². The summed E-state index contributed by atoms with van der Waals surface area (Å²) in [5.74, 6) is 0.819. The van der Waals surface area contributed by atoms with Crippen LogP contribution in [-0.2, 0) is 6.42 Å². The Labute approximate surface area is 156 Å². The molecule has 138 valence electrons. The minimum Gasteiger partial charge on any atom is -0.497 e. The summed E-state index contributed by atoms with van der Waals surface area (Å²) in [5.41, 5.74) is 1.40. The largest absolute Gasteiger partial charge is 0.497 e. The van der Waals surface area contributed by atoms with E-state index in [2.05, 4.69) is 20.8 Å². The van der Waals surface area contributed by atoms with Gasteiger partial charge in [0, 0.05) is 12.1 Å². The van der Waals surface area contributed by atoms with Crippen molar-refractivity contribution in [3.63, 3.8) is 0 Å². The van der Waals surface area contributed by atoms with E-state index >= 15 is 0 Å². The van der Waals surface area contributed by atoms with Crippen molar-refractivity contribution < 1.29 is 13.9 Å². The van der Waals surface area contributed by atoms with E-state index in [0.29, 0.717) is 18.2 Å². The van der Waals surface area contributed by atoms with Crippen molar-refractivity contribution >= 4 is 17.5 Å². The Hall–Kier alpha value is -3.48. The van der Waals surface area contributed by atoms with Crippen LogP contribution in [0.15, 0.2) is 60.7 Å². The molecule has 2 N–H and O–H groups in total. The van der Waals surface area contributed by atoms with Gasteiger partial charge in [-0.05, 0) is 54.4 Å². The van der Waals surface area contributed by atoms with Gasteiger partial charge < -0.3 is 15.4 Å². The lowest BCUT2D eigenvalue weighted by atomic mass is 10.1. The first-order valence-electron chi connectivity index (χ1n) is 8.41. The van der Waals surface area contributed by atoms with E-state index in [1.165, 1.54) is 23.8 Å². The molecule has 0 saturated heterocycles. The number of nitrogens with zero attached hydrogens (tertiary/aromatic N) is 2. The van der Waals surface area contributed by atoms with Gasteiger partial charge in [-0.15, -0.1) is 10.2 Å². The first-order valence-corrected chi connectivity index (χ1v) is 8.41. The highest BCUT2D eigenvalue weighted by Crippen LogP contribution is 2.13. The lowest BCUT2D eigenvalue weighted by molar-refractivity contribution is 0.102. The quantitative estimate of drug-likeness (QED) is 0.669. The van der Waals surface area contributed by atoms with Crippen LogP contribution < -0.4 is 15.4 Å². The number of hydrogen-bond donors (Lipinski definition) is 2. The SMILES string of the molecule is COc1ccc(CCNc2ccc(NC(=O)c3cccc(F)c3)nn2)cc1. The summed E-state index contributed by atoms with van der Waals surface area (Å²) < 4.78 is 18.3. The molecule has 0 saturated carbocycles. The van der Waals surface area contributed by atoms with Gasteiger partial charge in [0.15, 0.2) is 5.82 Å². The second-order valence-corrected chi connectivity index (χ2v) is 5.79. The second kappa shape index (κ2) is 8.75. The molecular formula is C20H19FN4O2. The summed E-state index contributed by atoms with van der Waals surface area (Å²) in [6.07, 6.45) is 0.823. The third-order valence-corrected chi connectivity index (χ3v) is 3.87. The zero-order valence-corrected chi connectivity index (χ0v) is 14.8. The predicted octanol–water partition coefficient (Wildman–Crippen LogP) is 3.53. The zero-order chi connectivity index (χ0) is 19.1. The molecule has 0 aliphatic rings. The lowest BCUT2D eigenvalue weighted by Crippen LogP contribution is -2.14. The third-order valence-electron chi connectivity index (χ3n) is 3.87. The highest BCUT2D eigenvalue weighted by atomic mass is 19.1. The molecule has 0 radical (unpaired) electrons. The average molecular weight is 366 g/mol. The number of halogens is 1. The number of hydrogen-bond acceptors (Lipinski definition) is 5. The summed E-state index contributed by atoms with van der Waals surface area (Å²) in [6.45, 7) is 0.690. The summed E-state index contributed by atoms with van der Waals surface area (Å²) in [6, 6.07) is 16.7. The molecule has 0 atom stereocenters. The minimum atomic E-state index is -0.467. The van der Waals surface area contributed by atoms with E-state index in [1.54, 1.807) is 19.2 Å². The molecule has 0 fully saturated rings. The van der Waals surface area contributed by atoms with E-state index in [0.717, 1.165) is 18.2 Å². The summed E-state index contributed by atoms with van der Waals surface area (Å²) in [4.78, 5) is 12.1. The first-order chi connectivity index (χ1) is 13.1. The lowest BCUT2D eigenvalue weighted by Gasteiger charge is -2.07. The molecule has 3 rings (SSSR count). The van der Waals surface area contributed by atoms with Crippen LogP contribution in [0.1, 0.15) is 15.9 Å². The Morgan fingerprint density at radius 3 is 2.44 bits per heavy atom. The highest BCUT2D eigenvalue weighted by Gasteiger charge is 2.08. The maximum absolute atomic E-state index is 13.2. The first kappa shape index (κ1) is 18.3. The molecule has 1 aromatic heterocycles. The molecule has 0 spiro atoms. The molecule has 1 amide bonds. The van der Waals surface area contributed by atoms with Crippen LogP contribution in [0.25, 0.3) is 0 Å². The van der Waals surface area contributed by atoms with Crippen molar-refractivity contribution in [2.45, 2.75) is 6.42 Å². The molecule has 0 unspecified atom stereocenters. The molecule has 27 heavy (non-hydrogen) atoms. The smallest absolute Gasteiger partial charge is 0.256 e. The molecule has 1 heterocycles. The van der Waals surface area contributed by atoms with Gasteiger partial charge in [0.05, 0.1) is 7.11 Å². The number of benzene rings is 2. The number of nitrogens with one attached hydrogen (secondary N) is 2. The molecule has 0 aliphatic carbocycles. The summed E-state index contributed by atoms with van der Waals surface area (Å²) in [5, 5.41) is 13.8. The van der Waals surface area contributed by atoms with E-state index in [9.17, 15) is 9.18 Å². The van der Waals surface area contributed by atoms with Crippen molar-refractivity contribution in [3.05, 3.63) is 77.6 Å². The Balaban J connectivity index is 1.50. The van der Waals surface area contributed by atoms with E-state index < -0.39 is 11.7 Å². The number of carbonyl (C=O) groups is 1. The van der Waals surface area contributed by atoms with Crippen LogP contribution in [0.5, 0.6) is 5.75 Å². The van der Waals surface area contributed by atoms with Crippen molar-refractivity contribution in [1.82, 2.24) is 10.2 Å². The van der Waals surface area contributed by atoms with Crippen LogP contribution in [0, 0.1) is 5.82 Å². The van der Waals surface area contributed by atoms with Crippen LogP contribution in [0.2, 0.25) is 0 Å². The van der Waals surface area contributed by atoms with Crippen LogP contribution in [0.4, 0.5) is 16.0 Å². The maximum atomic E-state index is 13.2. The van der Waals surface area contributed by atoms with Gasteiger partial charge >= 0.3 is 0 Å². The Bertz CT molecular complexity index is 899. The van der Waals surface area contributed by atoms with Crippen molar-refractivity contribution in [2.24, 2.45) is 0 Å². The fraction of sp³-hybridized carbons (Fsp3) is 0.150. The number of anilines is 2. The minimum absolute atomic E-state index is 0.221. The van der Waals surface area contributed by atoms with Crippen LogP contribution >= 0.6 is 0 Å². The van der Waals surface area contributed by atoms with E-state index in [-0.39, 0.29) is 5.56 Å². The zero-order valence-electron chi connectivity index (χ0n) is 14.8. The van der Waals surface area contributed by atoms with Crippen LogP contribution in [-0.4, -0.2) is 29.8 Å². The topological polar surface area (TPSA) is 76.1 Å². The molecule has 3 aromatic rings. The number of amides is 1. The van der Waals surface area contributed by atoms with Gasteiger partial charge in [0.25, 0.3) is 5.91 Å². The number of aromatic nitrogens is 2. The van der Waals surface area contributed by atoms with Crippen molar-refractivity contribution in [3.8, 4) is 5.75 Å². The van der Waals surface area contributed by atoms with Gasteiger partial charge in [0.2, 0.25) is 0 Å². The summed E-state index contributed by atoms with van der Waals surface area (Å²) in [7, 11) is 1.64. The third kappa shape index (κ3) is 5.24.